The molecule has 0 saturated heterocycles. The molecule has 1 amide bonds. The van der Waals surface area contributed by atoms with E-state index in [1.54, 1.807) is 6.92 Å². The lowest BCUT2D eigenvalue weighted by Gasteiger charge is -2.08. The number of amides is 1. The highest BCUT2D eigenvalue weighted by atomic mass is 79.9. The third-order valence-electron chi connectivity index (χ3n) is 2.06. The van der Waals surface area contributed by atoms with Crippen molar-refractivity contribution in [2.75, 3.05) is 6.54 Å². The van der Waals surface area contributed by atoms with Crippen LogP contribution in [0.3, 0.4) is 0 Å². The van der Waals surface area contributed by atoms with Gasteiger partial charge in [-0.3, -0.25) is 4.79 Å². The Kier molecular flexibility index (Phi) is 5.33. The number of carbonyl (C=O) groups is 1. The van der Waals surface area contributed by atoms with E-state index in [1.807, 2.05) is 0 Å². The molecule has 6 heteroatoms. The topological polar surface area (TPSA) is 29.1 Å². The van der Waals surface area contributed by atoms with E-state index in [4.69, 9.17) is 11.6 Å². The molecule has 0 aliphatic heterocycles. The third-order valence-corrected chi connectivity index (χ3v) is 2.74. The number of carbonyl (C=O) groups excluding carboxylic acids is 1. The summed E-state index contributed by atoms with van der Waals surface area (Å²) in [7, 11) is 0. The minimum Gasteiger partial charge on any atom is -0.352 e. The first-order valence-electron chi connectivity index (χ1n) is 4.98. The Hall–Kier alpha value is -0.680. The Morgan fingerprint density at radius 2 is 2.00 bits per heavy atom. The van der Waals surface area contributed by atoms with Gasteiger partial charge in [0.2, 0.25) is 0 Å². The molecule has 0 fully saturated rings. The lowest BCUT2D eigenvalue weighted by molar-refractivity contribution is 0.0945. The van der Waals surface area contributed by atoms with Crippen molar-refractivity contribution in [2.45, 2.75) is 18.7 Å². The molecule has 0 radical (unpaired) electrons. The van der Waals surface area contributed by atoms with Gasteiger partial charge in [-0.25, -0.2) is 8.78 Å². The zero-order chi connectivity index (χ0) is 13.0. The van der Waals surface area contributed by atoms with E-state index in [1.165, 1.54) is 0 Å². The first kappa shape index (κ1) is 14.4. The fourth-order valence-corrected chi connectivity index (χ4v) is 1.74. The van der Waals surface area contributed by atoms with Crippen LogP contribution in [0.4, 0.5) is 8.78 Å². The van der Waals surface area contributed by atoms with Gasteiger partial charge in [0.25, 0.3) is 5.91 Å². The fraction of sp³-hybridized carbons (Fsp3) is 0.364. The second-order valence-corrected chi connectivity index (χ2v) is 5.23. The number of rotatable bonds is 4. The molecule has 0 spiro atoms. The van der Waals surface area contributed by atoms with Gasteiger partial charge >= 0.3 is 0 Å². The summed E-state index contributed by atoms with van der Waals surface area (Å²) in [6.45, 7) is 2.05. The SMILES string of the molecule is CC(Cl)CCNC(=O)c1c(F)cc(Br)cc1F. The fourth-order valence-electron chi connectivity index (χ4n) is 1.23. The predicted octanol–water partition coefficient (Wildman–Crippen LogP) is 3.47. The van der Waals surface area contributed by atoms with E-state index < -0.39 is 23.1 Å². The Balaban J connectivity index is 2.76. The highest BCUT2D eigenvalue weighted by Gasteiger charge is 2.17. The smallest absolute Gasteiger partial charge is 0.257 e. The maximum atomic E-state index is 13.4. The molecule has 1 unspecified atom stereocenters. The van der Waals surface area contributed by atoms with Crippen LogP contribution in [0.15, 0.2) is 16.6 Å². The summed E-state index contributed by atoms with van der Waals surface area (Å²) in [6, 6.07) is 2.09. The minimum absolute atomic E-state index is 0.102. The van der Waals surface area contributed by atoms with Crippen LogP contribution in [0.2, 0.25) is 0 Å². The Morgan fingerprint density at radius 3 is 2.47 bits per heavy atom. The molecule has 1 rings (SSSR count). The molecule has 0 aromatic heterocycles. The Morgan fingerprint density at radius 1 is 1.47 bits per heavy atom. The van der Waals surface area contributed by atoms with Gasteiger partial charge in [-0.05, 0) is 25.5 Å². The van der Waals surface area contributed by atoms with Gasteiger partial charge in [0.1, 0.15) is 17.2 Å². The molecule has 1 aromatic rings. The van der Waals surface area contributed by atoms with Gasteiger partial charge in [0.05, 0.1) is 0 Å². The summed E-state index contributed by atoms with van der Waals surface area (Å²) < 4.78 is 27.0. The van der Waals surface area contributed by atoms with Gasteiger partial charge in [-0.15, -0.1) is 11.6 Å². The molecule has 0 heterocycles. The van der Waals surface area contributed by atoms with Crippen molar-refractivity contribution in [3.8, 4) is 0 Å². The standard InChI is InChI=1S/C11H11BrClF2NO/c1-6(13)2-3-16-11(17)10-8(14)4-7(12)5-9(10)15/h4-6H,2-3H2,1H3,(H,16,17). The second kappa shape index (κ2) is 6.31. The van der Waals surface area contributed by atoms with Crippen molar-refractivity contribution in [1.82, 2.24) is 5.32 Å². The van der Waals surface area contributed by atoms with Crippen LogP contribution >= 0.6 is 27.5 Å². The zero-order valence-corrected chi connectivity index (χ0v) is 11.4. The predicted molar refractivity (Wildman–Crippen MR) is 66.3 cm³/mol. The third kappa shape index (κ3) is 4.24. The van der Waals surface area contributed by atoms with Gasteiger partial charge in [-0.1, -0.05) is 15.9 Å². The average molecular weight is 327 g/mol. The van der Waals surface area contributed by atoms with Gasteiger partial charge in [-0.2, -0.15) is 0 Å². The highest BCUT2D eigenvalue weighted by molar-refractivity contribution is 9.10. The molecule has 0 aliphatic rings. The zero-order valence-electron chi connectivity index (χ0n) is 9.07. The van der Waals surface area contributed by atoms with Crippen LogP contribution in [0.1, 0.15) is 23.7 Å². The van der Waals surface area contributed by atoms with Crippen molar-refractivity contribution in [1.29, 1.82) is 0 Å². The Labute approximate surface area is 111 Å². The molecule has 1 aromatic carbocycles. The van der Waals surface area contributed by atoms with E-state index >= 15 is 0 Å². The number of benzene rings is 1. The average Bonchev–Trinajstić information content (AvgIpc) is 2.14. The second-order valence-electron chi connectivity index (χ2n) is 3.57. The normalized spacial score (nSPS) is 12.3. The van der Waals surface area contributed by atoms with Crippen molar-refractivity contribution in [3.63, 3.8) is 0 Å². The number of nitrogens with one attached hydrogen (secondary N) is 1. The molecule has 0 bridgehead atoms. The summed E-state index contributed by atoms with van der Waals surface area (Å²) in [4.78, 5) is 11.5. The molecule has 2 nitrogen and oxygen atoms in total. The minimum atomic E-state index is -0.895. The monoisotopic (exact) mass is 325 g/mol. The van der Waals surface area contributed by atoms with Crippen LogP contribution in [0, 0.1) is 11.6 Å². The van der Waals surface area contributed by atoms with Gasteiger partial charge in [0.15, 0.2) is 0 Å². The van der Waals surface area contributed by atoms with E-state index in [0.29, 0.717) is 6.42 Å². The van der Waals surface area contributed by atoms with Crippen LogP contribution in [-0.2, 0) is 0 Å². The van der Waals surface area contributed by atoms with E-state index in [9.17, 15) is 13.6 Å². The van der Waals surface area contributed by atoms with Crippen LogP contribution in [-0.4, -0.2) is 17.8 Å². The summed E-state index contributed by atoms with van der Waals surface area (Å²) in [5.41, 5.74) is -0.574. The summed E-state index contributed by atoms with van der Waals surface area (Å²) >= 11 is 8.62. The molecule has 17 heavy (non-hydrogen) atoms. The van der Waals surface area contributed by atoms with Crippen LogP contribution < -0.4 is 5.32 Å². The molecule has 1 N–H and O–H groups in total. The largest absolute Gasteiger partial charge is 0.352 e. The van der Waals surface area contributed by atoms with E-state index in [2.05, 4.69) is 21.2 Å². The van der Waals surface area contributed by atoms with Crippen molar-refractivity contribution >= 4 is 33.4 Å². The molecular weight excluding hydrogens is 315 g/mol. The number of hydrogen-bond donors (Lipinski definition) is 1. The molecule has 1 atom stereocenters. The van der Waals surface area contributed by atoms with Gasteiger partial charge < -0.3 is 5.32 Å². The lowest BCUT2D eigenvalue weighted by Crippen LogP contribution is -2.27. The van der Waals surface area contributed by atoms with Crippen LogP contribution in [0.5, 0.6) is 0 Å². The van der Waals surface area contributed by atoms with Crippen molar-refractivity contribution in [2.24, 2.45) is 0 Å². The van der Waals surface area contributed by atoms with E-state index in [0.717, 1.165) is 12.1 Å². The van der Waals surface area contributed by atoms with E-state index in [-0.39, 0.29) is 16.4 Å². The van der Waals surface area contributed by atoms with Gasteiger partial charge in [0, 0.05) is 16.4 Å². The summed E-state index contributed by atoms with van der Waals surface area (Å²) in [5.74, 6) is -2.56. The quantitative estimate of drug-likeness (QED) is 0.843. The van der Waals surface area contributed by atoms with Crippen molar-refractivity contribution < 1.29 is 13.6 Å². The summed E-state index contributed by atoms with van der Waals surface area (Å²) in [6.07, 6.45) is 0.535. The maximum Gasteiger partial charge on any atom is 0.257 e. The molecule has 0 saturated carbocycles. The molecular formula is C11H11BrClF2NO. The Bertz CT molecular complexity index is 403. The lowest BCUT2D eigenvalue weighted by atomic mass is 10.2. The first-order chi connectivity index (χ1) is 7.91. The number of hydrogen-bond acceptors (Lipinski definition) is 1. The summed E-state index contributed by atoms with van der Waals surface area (Å²) in [5, 5.41) is 2.31. The highest BCUT2D eigenvalue weighted by Crippen LogP contribution is 2.19. The number of halogens is 4. The van der Waals surface area contributed by atoms with Crippen LogP contribution in [0.25, 0.3) is 0 Å². The molecule has 0 aliphatic carbocycles. The number of alkyl halides is 1. The maximum absolute atomic E-state index is 13.4. The first-order valence-corrected chi connectivity index (χ1v) is 6.21. The molecule has 94 valence electrons. The van der Waals surface area contributed by atoms with Crippen molar-refractivity contribution in [3.05, 3.63) is 33.8 Å².